The standard InChI is InChI=1S/C13H25N3/c1-4-12(6-8-14)15-13-7-9-16(5-2)11(3)10-13/h11-13,15H,4-7,9-10H2,1-3H3. The van der Waals surface area contributed by atoms with Crippen LogP contribution < -0.4 is 5.32 Å². The zero-order valence-electron chi connectivity index (χ0n) is 10.9. The number of hydrogen-bond donors (Lipinski definition) is 1. The van der Waals surface area contributed by atoms with E-state index in [-0.39, 0.29) is 0 Å². The average Bonchev–Trinajstić information content (AvgIpc) is 2.28. The molecule has 0 saturated carbocycles. The summed E-state index contributed by atoms with van der Waals surface area (Å²) in [5, 5.41) is 12.4. The monoisotopic (exact) mass is 223 g/mol. The largest absolute Gasteiger partial charge is 0.310 e. The van der Waals surface area contributed by atoms with E-state index < -0.39 is 0 Å². The van der Waals surface area contributed by atoms with Crippen LogP contribution in [0.2, 0.25) is 0 Å². The van der Waals surface area contributed by atoms with Crippen molar-refractivity contribution in [1.82, 2.24) is 10.2 Å². The Morgan fingerprint density at radius 2 is 2.25 bits per heavy atom. The Kier molecular flexibility index (Phi) is 5.79. The Bertz CT molecular complexity index is 234. The molecule has 0 aromatic heterocycles. The van der Waals surface area contributed by atoms with Gasteiger partial charge in [-0.05, 0) is 39.3 Å². The second-order valence-corrected chi connectivity index (χ2v) is 4.83. The van der Waals surface area contributed by atoms with Crippen LogP contribution in [0.4, 0.5) is 0 Å². The number of nitrogens with one attached hydrogen (secondary N) is 1. The summed E-state index contributed by atoms with van der Waals surface area (Å²) in [6.45, 7) is 9.04. The molecule has 0 aromatic rings. The third-order valence-electron chi connectivity index (χ3n) is 3.72. The van der Waals surface area contributed by atoms with Gasteiger partial charge in [-0.2, -0.15) is 5.26 Å². The van der Waals surface area contributed by atoms with Gasteiger partial charge in [0.2, 0.25) is 0 Å². The van der Waals surface area contributed by atoms with Crippen molar-refractivity contribution in [2.24, 2.45) is 0 Å². The molecule has 1 fully saturated rings. The van der Waals surface area contributed by atoms with Crippen LogP contribution in [0.1, 0.15) is 46.5 Å². The lowest BCUT2D eigenvalue weighted by Crippen LogP contribution is -2.49. The number of rotatable bonds is 5. The summed E-state index contributed by atoms with van der Waals surface area (Å²) in [6, 6.07) is 3.94. The van der Waals surface area contributed by atoms with Gasteiger partial charge in [0, 0.05) is 18.1 Å². The molecule has 3 heteroatoms. The van der Waals surface area contributed by atoms with E-state index in [4.69, 9.17) is 5.26 Å². The summed E-state index contributed by atoms with van der Waals surface area (Å²) in [6.07, 6.45) is 4.13. The van der Waals surface area contributed by atoms with Crippen molar-refractivity contribution < 1.29 is 0 Å². The van der Waals surface area contributed by atoms with Crippen LogP contribution in [0.5, 0.6) is 0 Å². The Morgan fingerprint density at radius 3 is 2.75 bits per heavy atom. The Balaban J connectivity index is 2.37. The first-order valence-electron chi connectivity index (χ1n) is 6.58. The lowest BCUT2D eigenvalue weighted by molar-refractivity contribution is 0.138. The van der Waals surface area contributed by atoms with E-state index in [0.717, 1.165) is 13.0 Å². The van der Waals surface area contributed by atoms with E-state index in [2.05, 4.69) is 37.1 Å². The highest BCUT2D eigenvalue weighted by molar-refractivity contribution is 4.87. The summed E-state index contributed by atoms with van der Waals surface area (Å²) in [5.74, 6) is 0. The third-order valence-corrected chi connectivity index (χ3v) is 3.72. The lowest BCUT2D eigenvalue weighted by atomic mass is 9.97. The number of piperidine rings is 1. The van der Waals surface area contributed by atoms with Crippen molar-refractivity contribution in [3.8, 4) is 6.07 Å². The summed E-state index contributed by atoms with van der Waals surface area (Å²) in [4.78, 5) is 2.53. The molecule has 1 N–H and O–H groups in total. The third kappa shape index (κ3) is 3.77. The molecule has 0 bridgehead atoms. The fraction of sp³-hybridized carbons (Fsp3) is 0.923. The zero-order chi connectivity index (χ0) is 12.0. The maximum Gasteiger partial charge on any atom is 0.0638 e. The molecule has 1 saturated heterocycles. The van der Waals surface area contributed by atoms with Gasteiger partial charge in [0.15, 0.2) is 0 Å². The van der Waals surface area contributed by atoms with Crippen LogP contribution in [0.15, 0.2) is 0 Å². The molecule has 3 unspecified atom stereocenters. The smallest absolute Gasteiger partial charge is 0.0638 e. The van der Waals surface area contributed by atoms with Gasteiger partial charge in [0.25, 0.3) is 0 Å². The fourth-order valence-corrected chi connectivity index (χ4v) is 2.61. The Morgan fingerprint density at radius 1 is 1.50 bits per heavy atom. The molecular formula is C13H25N3. The van der Waals surface area contributed by atoms with Crippen molar-refractivity contribution in [3.63, 3.8) is 0 Å². The second-order valence-electron chi connectivity index (χ2n) is 4.83. The minimum Gasteiger partial charge on any atom is -0.310 e. The molecule has 1 aliphatic heterocycles. The second kappa shape index (κ2) is 6.88. The van der Waals surface area contributed by atoms with Gasteiger partial charge in [-0.3, -0.25) is 0 Å². The number of likely N-dealkylation sites (tertiary alicyclic amines) is 1. The van der Waals surface area contributed by atoms with Crippen LogP contribution in [0.25, 0.3) is 0 Å². The Labute approximate surface area is 99.8 Å². The highest BCUT2D eigenvalue weighted by atomic mass is 15.2. The number of nitriles is 1. The highest BCUT2D eigenvalue weighted by Gasteiger charge is 2.25. The molecule has 3 nitrogen and oxygen atoms in total. The van der Waals surface area contributed by atoms with Crippen LogP contribution in [-0.4, -0.2) is 36.1 Å². The topological polar surface area (TPSA) is 39.1 Å². The van der Waals surface area contributed by atoms with Gasteiger partial charge >= 0.3 is 0 Å². The highest BCUT2D eigenvalue weighted by Crippen LogP contribution is 2.17. The van der Waals surface area contributed by atoms with E-state index in [1.807, 2.05) is 0 Å². The minimum atomic E-state index is 0.385. The fourth-order valence-electron chi connectivity index (χ4n) is 2.61. The first-order chi connectivity index (χ1) is 7.71. The van der Waals surface area contributed by atoms with Gasteiger partial charge in [-0.25, -0.2) is 0 Å². The van der Waals surface area contributed by atoms with E-state index in [0.29, 0.717) is 24.5 Å². The van der Waals surface area contributed by atoms with Gasteiger partial charge < -0.3 is 10.2 Å². The normalized spacial score (nSPS) is 28.6. The zero-order valence-corrected chi connectivity index (χ0v) is 10.9. The van der Waals surface area contributed by atoms with E-state index in [1.165, 1.54) is 19.4 Å². The van der Waals surface area contributed by atoms with Crippen molar-refractivity contribution in [3.05, 3.63) is 0 Å². The number of hydrogen-bond acceptors (Lipinski definition) is 3. The van der Waals surface area contributed by atoms with Crippen LogP contribution in [-0.2, 0) is 0 Å². The quantitative estimate of drug-likeness (QED) is 0.776. The molecule has 1 aliphatic rings. The average molecular weight is 223 g/mol. The van der Waals surface area contributed by atoms with Crippen LogP contribution in [0.3, 0.4) is 0 Å². The summed E-state index contributed by atoms with van der Waals surface area (Å²) < 4.78 is 0. The van der Waals surface area contributed by atoms with Crippen molar-refractivity contribution in [1.29, 1.82) is 5.26 Å². The summed E-state index contributed by atoms with van der Waals surface area (Å²) >= 11 is 0. The molecule has 1 rings (SSSR count). The van der Waals surface area contributed by atoms with Gasteiger partial charge in [0.1, 0.15) is 0 Å². The molecule has 0 aliphatic carbocycles. The van der Waals surface area contributed by atoms with Gasteiger partial charge in [-0.1, -0.05) is 13.8 Å². The molecule has 3 atom stereocenters. The molecule has 0 radical (unpaired) electrons. The van der Waals surface area contributed by atoms with Crippen molar-refractivity contribution in [2.75, 3.05) is 13.1 Å². The predicted molar refractivity (Wildman–Crippen MR) is 67.2 cm³/mol. The molecule has 92 valence electrons. The first kappa shape index (κ1) is 13.5. The minimum absolute atomic E-state index is 0.385. The molecule has 1 heterocycles. The Hall–Kier alpha value is -0.590. The number of nitrogens with zero attached hydrogens (tertiary/aromatic N) is 2. The predicted octanol–water partition coefficient (Wildman–Crippen LogP) is 2.14. The van der Waals surface area contributed by atoms with E-state index >= 15 is 0 Å². The van der Waals surface area contributed by atoms with Crippen LogP contribution >= 0.6 is 0 Å². The first-order valence-corrected chi connectivity index (χ1v) is 6.58. The van der Waals surface area contributed by atoms with Crippen molar-refractivity contribution >= 4 is 0 Å². The van der Waals surface area contributed by atoms with Crippen LogP contribution in [0, 0.1) is 11.3 Å². The maximum absolute atomic E-state index is 8.73. The molecule has 16 heavy (non-hydrogen) atoms. The van der Waals surface area contributed by atoms with E-state index in [1.54, 1.807) is 0 Å². The molecule has 0 spiro atoms. The maximum atomic E-state index is 8.73. The van der Waals surface area contributed by atoms with E-state index in [9.17, 15) is 0 Å². The molecule has 0 amide bonds. The van der Waals surface area contributed by atoms with Gasteiger partial charge in [0.05, 0.1) is 12.5 Å². The lowest BCUT2D eigenvalue weighted by Gasteiger charge is -2.38. The molecule has 0 aromatic carbocycles. The van der Waals surface area contributed by atoms with Crippen molar-refractivity contribution in [2.45, 2.75) is 64.6 Å². The van der Waals surface area contributed by atoms with Gasteiger partial charge in [-0.15, -0.1) is 0 Å². The molecular weight excluding hydrogens is 198 g/mol. The SMILES string of the molecule is CCC(CC#N)NC1CCN(CC)C(C)C1. The summed E-state index contributed by atoms with van der Waals surface area (Å²) in [5.41, 5.74) is 0. The summed E-state index contributed by atoms with van der Waals surface area (Å²) in [7, 11) is 0.